The van der Waals surface area contributed by atoms with Crippen LogP contribution in [0.25, 0.3) is 10.9 Å². The van der Waals surface area contributed by atoms with Crippen molar-refractivity contribution in [1.29, 1.82) is 5.26 Å². The molecule has 0 radical (unpaired) electrons. The van der Waals surface area contributed by atoms with Gasteiger partial charge in [-0.15, -0.1) is 0 Å². The van der Waals surface area contributed by atoms with Gasteiger partial charge in [0, 0.05) is 28.7 Å². The van der Waals surface area contributed by atoms with Crippen LogP contribution in [0.2, 0.25) is 0 Å². The predicted octanol–water partition coefficient (Wildman–Crippen LogP) is 4.00. The molecule has 0 saturated carbocycles. The summed E-state index contributed by atoms with van der Waals surface area (Å²) in [6.45, 7) is 4.17. The number of nitrogens with one attached hydrogen (secondary N) is 1. The Morgan fingerprint density at radius 2 is 2.08 bits per heavy atom. The molecule has 0 aliphatic heterocycles. The van der Waals surface area contributed by atoms with Crippen LogP contribution >= 0.6 is 0 Å². The number of nitrogens with zero attached hydrogens (tertiary/aromatic N) is 3. The van der Waals surface area contributed by atoms with Crippen molar-refractivity contribution in [3.63, 3.8) is 0 Å². The number of para-hydroxylation sites is 1. The number of fused-ring (bicyclic) bond motifs is 1. The van der Waals surface area contributed by atoms with Gasteiger partial charge in [-0.2, -0.15) is 10.4 Å². The predicted molar refractivity (Wildman–Crippen MR) is 98.5 cm³/mol. The lowest BCUT2D eigenvalue weighted by Crippen LogP contribution is -2.19. The van der Waals surface area contributed by atoms with Crippen molar-refractivity contribution >= 4 is 23.0 Å². The summed E-state index contributed by atoms with van der Waals surface area (Å²) in [5.74, 6) is -1.43. The summed E-state index contributed by atoms with van der Waals surface area (Å²) >= 11 is 0. The maximum atomic E-state index is 13.9. The van der Waals surface area contributed by atoms with Gasteiger partial charge in [-0.25, -0.2) is 9.82 Å². The van der Waals surface area contributed by atoms with Gasteiger partial charge >= 0.3 is 0 Å². The van der Waals surface area contributed by atoms with E-state index in [0.29, 0.717) is 0 Å². The Hall–Kier alpha value is -3.46. The third kappa shape index (κ3) is 3.33. The molecule has 0 unspecified atom stereocenters. The van der Waals surface area contributed by atoms with E-state index < -0.39 is 11.7 Å². The number of aromatic nitrogens is 1. The Labute approximate surface area is 150 Å². The van der Waals surface area contributed by atoms with Crippen molar-refractivity contribution in [2.45, 2.75) is 19.9 Å². The van der Waals surface area contributed by atoms with E-state index in [9.17, 15) is 9.18 Å². The molecule has 6 heteroatoms. The quantitative estimate of drug-likeness (QED) is 0.572. The summed E-state index contributed by atoms with van der Waals surface area (Å²) in [6.07, 6.45) is 3.51. The lowest BCUT2D eigenvalue weighted by molar-refractivity contribution is 0.0951. The van der Waals surface area contributed by atoms with E-state index in [4.69, 9.17) is 5.26 Å². The second-order valence-corrected chi connectivity index (χ2v) is 6.11. The Kier molecular flexibility index (Phi) is 4.81. The van der Waals surface area contributed by atoms with Crippen LogP contribution < -0.4 is 5.43 Å². The number of hydrazone groups is 1. The van der Waals surface area contributed by atoms with Crippen molar-refractivity contribution in [2.24, 2.45) is 5.10 Å². The molecular weight excluding hydrogens is 331 g/mol. The van der Waals surface area contributed by atoms with Gasteiger partial charge in [-0.1, -0.05) is 18.2 Å². The van der Waals surface area contributed by atoms with Gasteiger partial charge in [0.25, 0.3) is 5.91 Å². The number of carbonyl (C=O) groups excluding carboxylic acids is 1. The molecule has 0 saturated heterocycles. The van der Waals surface area contributed by atoms with Crippen LogP contribution in [-0.2, 0) is 0 Å². The molecule has 0 aliphatic rings. The molecule has 0 aliphatic carbocycles. The van der Waals surface area contributed by atoms with Crippen LogP contribution in [0.4, 0.5) is 4.39 Å². The summed E-state index contributed by atoms with van der Waals surface area (Å²) < 4.78 is 16.0. The Bertz CT molecular complexity index is 1040. The molecule has 130 valence electrons. The fourth-order valence-corrected chi connectivity index (χ4v) is 2.75. The highest BCUT2D eigenvalue weighted by Gasteiger charge is 2.12. The summed E-state index contributed by atoms with van der Waals surface area (Å²) in [6, 6.07) is 13.7. The van der Waals surface area contributed by atoms with Gasteiger partial charge in [0.1, 0.15) is 5.82 Å². The van der Waals surface area contributed by atoms with Crippen molar-refractivity contribution in [3.05, 3.63) is 71.2 Å². The monoisotopic (exact) mass is 348 g/mol. The number of halogens is 1. The van der Waals surface area contributed by atoms with Crippen molar-refractivity contribution in [3.8, 4) is 6.07 Å². The van der Waals surface area contributed by atoms with Crippen molar-refractivity contribution in [1.82, 2.24) is 9.99 Å². The number of amides is 1. The first kappa shape index (κ1) is 17.4. The molecule has 0 fully saturated rings. The van der Waals surface area contributed by atoms with Crippen LogP contribution in [0.5, 0.6) is 0 Å². The van der Waals surface area contributed by atoms with Gasteiger partial charge in [-0.05, 0) is 38.1 Å². The normalized spacial score (nSPS) is 11.2. The number of rotatable bonds is 4. The standard InChI is InChI=1S/C20H17FN4O/c1-13(2)25-12-15(16-5-3-4-6-19(16)25)11-23-24-20(26)17-8-7-14(10-22)9-18(17)21/h3-9,11-13H,1-2H3,(H,24,26)/b23-11-. The molecule has 0 spiro atoms. The summed E-state index contributed by atoms with van der Waals surface area (Å²) in [4.78, 5) is 12.1. The molecule has 3 aromatic rings. The smallest absolute Gasteiger partial charge is 0.274 e. The van der Waals surface area contributed by atoms with Gasteiger partial charge < -0.3 is 4.57 Å². The van der Waals surface area contributed by atoms with E-state index >= 15 is 0 Å². The highest BCUT2D eigenvalue weighted by atomic mass is 19.1. The average Bonchev–Trinajstić information content (AvgIpc) is 3.00. The Balaban J connectivity index is 1.82. The highest BCUT2D eigenvalue weighted by molar-refractivity contribution is 6.00. The second-order valence-electron chi connectivity index (χ2n) is 6.11. The fourth-order valence-electron chi connectivity index (χ4n) is 2.75. The van der Waals surface area contributed by atoms with Crippen LogP contribution in [0.15, 0.2) is 53.8 Å². The van der Waals surface area contributed by atoms with Crippen molar-refractivity contribution in [2.75, 3.05) is 0 Å². The van der Waals surface area contributed by atoms with Crippen molar-refractivity contribution < 1.29 is 9.18 Å². The maximum absolute atomic E-state index is 13.9. The first-order valence-corrected chi connectivity index (χ1v) is 8.14. The molecule has 1 aromatic heterocycles. The SMILES string of the molecule is CC(C)n1cc(/C=N\NC(=O)c2ccc(C#N)cc2F)c2ccccc21. The molecule has 3 rings (SSSR count). The van der Waals surface area contributed by atoms with Gasteiger partial charge in [0.15, 0.2) is 0 Å². The van der Waals surface area contributed by atoms with Crippen LogP contribution in [0.3, 0.4) is 0 Å². The number of hydrogen-bond acceptors (Lipinski definition) is 3. The van der Waals surface area contributed by atoms with Gasteiger partial charge in [0.2, 0.25) is 0 Å². The molecule has 5 nitrogen and oxygen atoms in total. The molecular formula is C20H17FN4O. The topological polar surface area (TPSA) is 70.2 Å². The zero-order chi connectivity index (χ0) is 18.7. The number of nitriles is 1. The largest absolute Gasteiger partial charge is 0.344 e. The Morgan fingerprint density at radius 3 is 2.77 bits per heavy atom. The zero-order valence-electron chi connectivity index (χ0n) is 14.4. The zero-order valence-corrected chi connectivity index (χ0v) is 14.4. The highest BCUT2D eigenvalue weighted by Crippen LogP contribution is 2.23. The number of hydrogen-bond donors (Lipinski definition) is 1. The van der Waals surface area contributed by atoms with E-state index in [0.717, 1.165) is 22.5 Å². The average molecular weight is 348 g/mol. The summed E-state index contributed by atoms with van der Waals surface area (Å²) in [5.41, 5.74) is 4.26. The van der Waals surface area contributed by atoms with E-state index in [1.54, 1.807) is 6.21 Å². The molecule has 0 bridgehead atoms. The molecule has 0 atom stereocenters. The second kappa shape index (κ2) is 7.19. The summed E-state index contributed by atoms with van der Waals surface area (Å²) in [5, 5.41) is 13.7. The van der Waals surface area contributed by atoms with E-state index in [1.165, 1.54) is 12.1 Å². The molecule has 26 heavy (non-hydrogen) atoms. The lowest BCUT2D eigenvalue weighted by Gasteiger charge is -2.08. The lowest BCUT2D eigenvalue weighted by atomic mass is 10.1. The molecule has 2 aromatic carbocycles. The van der Waals surface area contributed by atoms with Crippen LogP contribution in [-0.4, -0.2) is 16.7 Å². The first-order chi connectivity index (χ1) is 12.5. The molecule has 1 amide bonds. The molecule has 1 N–H and O–H groups in total. The van der Waals surface area contributed by atoms with E-state index in [2.05, 4.69) is 28.9 Å². The molecule has 1 heterocycles. The third-order valence-electron chi connectivity index (χ3n) is 4.04. The third-order valence-corrected chi connectivity index (χ3v) is 4.04. The minimum atomic E-state index is -0.756. The van der Waals surface area contributed by atoms with Crippen LogP contribution in [0.1, 0.15) is 41.4 Å². The first-order valence-electron chi connectivity index (χ1n) is 8.14. The maximum Gasteiger partial charge on any atom is 0.274 e. The van der Waals surface area contributed by atoms with Gasteiger partial charge in [0.05, 0.1) is 23.4 Å². The minimum Gasteiger partial charge on any atom is -0.344 e. The number of carbonyl (C=O) groups is 1. The van der Waals surface area contributed by atoms with Gasteiger partial charge in [-0.3, -0.25) is 4.79 Å². The Morgan fingerprint density at radius 1 is 1.31 bits per heavy atom. The minimum absolute atomic E-state index is 0.157. The van der Waals surface area contributed by atoms with E-state index in [-0.39, 0.29) is 17.2 Å². The fraction of sp³-hybridized carbons (Fsp3) is 0.150. The van der Waals surface area contributed by atoms with Crippen LogP contribution in [0, 0.1) is 17.1 Å². The number of benzene rings is 2. The van der Waals surface area contributed by atoms with E-state index in [1.807, 2.05) is 36.5 Å². The summed E-state index contributed by atoms with van der Waals surface area (Å²) in [7, 11) is 0.